The van der Waals surface area contributed by atoms with E-state index in [1.54, 1.807) is 6.33 Å². The maximum atomic E-state index is 4.22. The number of aromatic nitrogens is 3. The molecular weight excluding hydrogens is 176 g/mol. The van der Waals surface area contributed by atoms with Gasteiger partial charge in [-0.1, -0.05) is 6.42 Å². The molecule has 0 atom stereocenters. The van der Waals surface area contributed by atoms with Gasteiger partial charge in [0.25, 0.3) is 0 Å². The van der Waals surface area contributed by atoms with Crippen LogP contribution in [0.3, 0.4) is 0 Å². The van der Waals surface area contributed by atoms with Gasteiger partial charge in [-0.05, 0) is 32.2 Å². The molecule has 4 heteroatoms. The highest BCUT2D eigenvalue weighted by Gasteiger charge is 2.16. The van der Waals surface area contributed by atoms with Gasteiger partial charge >= 0.3 is 0 Å². The van der Waals surface area contributed by atoms with Gasteiger partial charge in [0.1, 0.15) is 12.2 Å². The van der Waals surface area contributed by atoms with Crippen molar-refractivity contribution in [3.63, 3.8) is 0 Å². The van der Waals surface area contributed by atoms with Gasteiger partial charge in [-0.25, -0.2) is 9.67 Å². The molecule has 0 spiro atoms. The van der Waals surface area contributed by atoms with Crippen LogP contribution in [0.4, 0.5) is 0 Å². The molecule has 1 heterocycles. The molecule has 0 saturated heterocycles. The molecule has 0 amide bonds. The van der Waals surface area contributed by atoms with Crippen LogP contribution in [0.5, 0.6) is 0 Å². The molecule has 1 aromatic rings. The molecule has 14 heavy (non-hydrogen) atoms. The van der Waals surface area contributed by atoms with Gasteiger partial charge in [0.15, 0.2) is 0 Å². The largest absolute Gasteiger partial charge is 0.310 e. The fraction of sp³-hybridized carbons (Fsp3) is 0.800. The van der Waals surface area contributed by atoms with Crippen LogP contribution in [0.25, 0.3) is 0 Å². The van der Waals surface area contributed by atoms with Crippen molar-refractivity contribution in [2.24, 2.45) is 5.92 Å². The Morgan fingerprint density at radius 2 is 2.43 bits per heavy atom. The second kappa shape index (κ2) is 4.55. The summed E-state index contributed by atoms with van der Waals surface area (Å²) in [6.07, 6.45) is 5.84. The maximum absolute atomic E-state index is 4.22. The molecule has 0 aromatic carbocycles. The average molecular weight is 194 g/mol. The minimum absolute atomic E-state index is 0.852. The molecule has 4 nitrogen and oxygen atoms in total. The van der Waals surface area contributed by atoms with Crippen molar-refractivity contribution in [1.29, 1.82) is 0 Å². The first-order valence-corrected chi connectivity index (χ1v) is 5.47. The van der Waals surface area contributed by atoms with E-state index in [9.17, 15) is 0 Å². The van der Waals surface area contributed by atoms with Crippen molar-refractivity contribution < 1.29 is 0 Å². The quantitative estimate of drug-likeness (QED) is 0.765. The summed E-state index contributed by atoms with van der Waals surface area (Å²) >= 11 is 0. The summed E-state index contributed by atoms with van der Waals surface area (Å²) in [5.41, 5.74) is 0. The highest BCUT2D eigenvalue weighted by molar-refractivity contribution is 4.84. The zero-order valence-corrected chi connectivity index (χ0v) is 8.74. The second-order valence-electron chi connectivity index (χ2n) is 3.92. The van der Waals surface area contributed by atoms with E-state index in [0.29, 0.717) is 0 Å². The predicted octanol–water partition coefficient (Wildman–Crippen LogP) is 1.19. The van der Waals surface area contributed by atoms with Crippen LogP contribution in [-0.2, 0) is 13.1 Å². The zero-order chi connectivity index (χ0) is 9.80. The van der Waals surface area contributed by atoms with Gasteiger partial charge in [0, 0.05) is 6.54 Å². The van der Waals surface area contributed by atoms with Crippen molar-refractivity contribution in [3.8, 4) is 0 Å². The van der Waals surface area contributed by atoms with Gasteiger partial charge in [-0.3, -0.25) is 0 Å². The Labute approximate surface area is 84.7 Å². The summed E-state index contributed by atoms with van der Waals surface area (Å²) < 4.78 is 1.94. The molecule has 2 rings (SSSR count). The molecule has 1 aliphatic carbocycles. The average Bonchev–Trinajstić information content (AvgIpc) is 2.56. The topological polar surface area (TPSA) is 42.7 Å². The molecule has 0 unspecified atom stereocenters. The number of hydrogen-bond acceptors (Lipinski definition) is 3. The lowest BCUT2D eigenvalue weighted by Crippen LogP contribution is -2.28. The van der Waals surface area contributed by atoms with Crippen LogP contribution in [-0.4, -0.2) is 21.3 Å². The van der Waals surface area contributed by atoms with Gasteiger partial charge in [0.05, 0.1) is 6.54 Å². The van der Waals surface area contributed by atoms with Crippen molar-refractivity contribution in [1.82, 2.24) is 20.1 Å². The van der Waals surface area contributed by atoms with Gasteiger partial charge in [-0.2, -0.15) is 5.10 Å². The Balaban J connectivity index is 1.73. The normalized spacial score (nSPS) is 16.9. The molecule has 1 fully saturated rings. The van der Waals surface area contributed by atoms with E-state index < -0.39 is 0 Å². The first kappa shape index (κ1) is 9.65. The van der Waals surface area contributed by atoms with Crippen LogP contribution in [0.1, 0.15) is 32.0 Å². The monoisotopic (exact) mass is 194 g/mol. The number of hydrogen-bond donors (Lipinski definition) is 1. The molecule has 0 bridgehead atoms. The Bertz CT molecular complexity index is 277. The minimum atomic E-state index is 0.852. The molecular formula is C10H18N4. The summed E-state index contributed by atoms with van der Waals surface area (Å²) in [7, 11) is 0. The maximum Gasteiger partial charge on any atom is 0.140 e. The summed E-state index contributed by atoms with van der Waals surface area (Å²) in [4.78, 5) is 4.22. The highest BCUT2D eigenvalue weighted by Crippen LogP contribution is 2.25. The van der Waals surface area contributed by atoms with Crippen LogP contribution < -0.4 is 5.32 Å². The smallest absolute Gasteiger partial charge is 0.140 e. The van der Waals surface area contributed by atoms with E-state index in [-0.39, 0.29) is 0 Å². The van der Waals surface area contributed by atoms with Crippen LogP contribution >= 0.6 is 0 Å². The summed E-state index contributed by atoms with van der Waals surface area (Å²) in [6.45, 7) is 4.98. The lowest BCUT2D eigenvalue weighted by molar-refractivity contribution is 0.299. The highest BCUT2D eigenvalue weighted by atomic mass is 15.3. The molecule has 78 valence electrons. The standard InChI is InChI=1S/C10H18N4/c1-2-14-10(12-8-13-14)7-11-6-9-4-3-5-9/h8-9,11H,2-7H2,1H3. The van der Waals surface area contributed by atoms with Crippen LogP contribution in [0.2, 0.25) is 0 Å². The first-order chi connectivity index (χ1) is 6.90. The third-order valence-corrected chi connectivity index (χ3v) is 2.94. The summed E-state index contributed by atoms with van der Waals surface area (Å²) in [5, 5.41) is 7.57. The summed E-state index contributed by atoms with van der Waals surface area (Å²) in [5.74, 6) is 1.96. The van der Waals surface area contributed by atoms with Crippen molar-refractivity contribution in [2.45, 2.75) is 39.3 Å². The Hall–Kier alpha value is -0.900. The Morgan fingerprint density at radius 1 is 1.57 bits per heavy atom. The van der Waals surface area contributed by atoms with E-state index in [4.69, 9.17) is 0 Å². The predicted molar refractivity (Wildman–Crippen MR) is 54.7 cm³/mol. The first-order valence-electron chi connectivity index (χ1n) is 5.47. The number of rotatable bonds is 5. The van der Waals surface area contributed by atoms with E-state index in [0.717, 1.165) is 31.4 Å². The van der Waals surface area contributed by atoms with Gasteiger partial charge in [-0.15, -0.1) is 0 Å². The van der Waals surface area contributed by atoms with Gasteiger partial charge < -0.3 is 5.32 Å². The number of nitrogens with one attached hydrogen (secondary N) is 1. The van der Waals surface area contributed by atoms with Crippen molar-refractivity contribution in [2.75, 3.05) is 6.54 Å². The zero-order valence-electron chi connectivity index (χ0n) is 8.74. The fourth-order valence-electron chi connectivity index (χ4n) is 1.77. The minimum Gasteiger partial charge on any atom is -0.310 e. The third kappa shape index (κ3) is 2.12. The summed E-state index contributed by atoms with van der Waals surface area (Å²) in [6, 6.07) is 0. The van der Waals surface area contributed by atoms with Gasteiger partial charge in [0.2, 0.25) is 0 Å². The van der Waals surface area contributed by atoms with Crippen LogP contribution in [0, 0.1) is 5.92 Å². The van der Waals surface area contributed by atoms with Crippen LogP contribution in [0.15, 0.2) is 6.33 Å². The SMILES string of the molecule is CCn1ncnc1CNCC1CCC1. The Kier molecular flexibility index (Phi) is 3.14. The number of aryl methyl sites for hydroxylation is 1. The van der Waals surface area contributed by atoms with E-state index in [1.807, 2.05) is 4.68 Å². The lowest BCUT2D eigenvalue weighted by Gasteiger charge is -2.25. The molecule has 1 N–H and O–H groups in total. The molecule has 1 aliphatic rings. The van der Waals surface area contributed by atoms with E-state index >= 15 is 0 Å². The number of nitrogens with zero attached hydrogens (tertiary/aromatic N) is 3. The van der Waals surface area contributed by atoms with E-state index in [2.05, 4.69) is 22.3 Å². The molecule has 0 radical (unpaired) electrons. The third-order valence-electron chi connectivity index (χ3n) is 2.94. The van der Waals surface area contributed by atoms with Crippen molar-refractivity contribution >= 4 is 0 Å². The Morgan fingerprint density at radius 3 is 3.07 bits per heavy atom. The molecule has 1 aromatic heterocycles. The second-order valence-corrected chi connectivity index (χ2v) is 3.92. The molecule has 0 aliphatic heterocycles. The van der Waals surface area contributed by atoms with Crippen molar-refractivity contribution in [3.05, 3.63) is 12.2 Å². The lowest BCUT2D eigenvalue weighted by atomic mass is 9.85. The fourth-order valence-corrected chi connectivity index (χ4v) is 1.77. The van der Waals surface area contributed by atoms with E-state index in [1.165, 1.54) is 19.3 Å². The molecule has 1 saturated carbocycles.